The topological polar surface area (TPSA) is 66.4 Å². The molecule has 18 heavy (non-hydrogen) atoms. The lowest BCUT2D eigenvalue weighted by molar-refractivity contribution is -0.141. The summed E-state index contributed by atoms with van der Waals surface area (Å²) < 4.78 is 0. The normalized spacial score (nSPS) is 11.9. The second-order valence-corrected chi connectivity index (χ2v) is 4.46. The lowest BCUT2D eigenvalue weighted by atomic mass is 10.0. The molecule has 1 aromatic rings. The van der Waals surface area contributed by atoms with Gasteiger partial charge in [-0.15, -0.1) is 0 Å². The monoisotopic (exact) mass is 249 g/mol. The van der Waals surface area contributed by atoms with Gasteiger partial charge in [0.25, 0.3) is 0 Å². The summed E-state index contributed by atoms with van der Waals surface area (Å²) in [6, 6.07) is 5.01. The zero-order valence-corrected chi connectivity index (χ0v) is 11.0. The highest BCUT2D eigenvalue weighted by Crippen LogP contribution is 2.10. The molecule has 0 aliphatic carbocycles. The Kier molecular flexibility index (Phi) is 4.89. The SMILES string of the molecule is CCC(NC(=O)Cc1ccc(C)c(C)c1)C(=O)O. The van der Waals surface area contributed by atoms with E-state index in [0.29, 0.717) is 6.42 Å². The molecule has 1 atom stereocenters. The number of aliphatic carboxylic acids is 1. The fraction of sp³-hybridized carbons (Fsp3) is 0.429. The summed E-state index contributed by atoms with van der Waals surface area (Å²) in [7, 11) is 0. The number of aryl methyl sites for hydroxylation is 2. The van der Waals surface area contributed by atoms with E-state index in [0.717, 1.165) is 11.1 Å². The first kappa shape index (κ1) is 14.2. The van der Waals surface area contributed by atoms with Crippen LogP contribution in [-0.2, 0) is 16.0 Å². The van der Waals surface area contributed by atoms with Crippen LogP contribution in [0.3, 0.4) is 0 Å². The first-order chi connectivity index (χ1) is 8.43. The van der Waals surface area contributed by atoms with E-state index in [-0.39, 0.29) is 12.3 Å². The number of hydrogen-bond acceptors (Lipinski definition) is 2. The van der Waals surface area contributed by atoms with Crippen molar-refractivity contribution in [2.24, 2.45) is 0 Å². The summed E-state index contributed by atoms with van der Waals surface area (Å²) >= 11 is 0. The maximum atomic E-state index is 11.7. The molecule has 0 radical (unpaired) electrons. The molecule has 0 spiro atoms. The molecule has 1 rings (SSSR count). The molecule has 0 bridgehead atoms. The van der Waals surface area contributed by atoms with Crippen molar-refractivity contribution in [3.05, 3.63) is 34.9 Å². The van der Waals surface area contributed by atoms with Gasteiger partial charge in [-0.05, 0) is 37.0 Å². The average molecular weight is 249 g/mol. The number of benzene rings is 1. The molecule has 0 saturated heterocycles. The van der Waals surface area contributed by atoms with Gasteiger partial charge in [0.15, 0.2) is 0 Å². The minimum Gasteiger partial charge on any atom is -0.480 e. The summed E-state index contributed by atoms with van der Waals surface area (Å²) in [5, 5.41) is 11.4. The van der Waals surface area contributed by atoms with Gasteiger partial charge in [-0.25, -0.2) is 4.79 Å². The van der Waals surface area contributed by atoms with Crippen LogP contribution in [0.2, 0.25) is 0 Å². The Balaban J connectivity index is 2.64. The highest BCUT2D eigenvalue weighted by Gasteiger charge is 2.17. The number of hydrogen-bond donors (Lipinski definition) is 2. The summed E-state index contributed by atoms with van der Waals surface area (Å²) in [6.45, 7) is 5.73. The molecule has 4 nitrogen and oxygen atoms in total. The number of carboxylic acids is 1. The minimum atomic E-state index is -0.995. The van der Waals surface area contributed by atoms with E-state index in [1.165, 1.54) is 5.56 Å². The van der Waals surface area contributed by atoms with E-state index in [4.69, 9.17) is 5.11 Å². The lowest BCUT2D eigenvalue weighted by Gasteiger charge is -2.12. The van der Waals surface area contributed by atoms with E-state index in [1.54, 1.807) is 6.92 Å². The van der Waals surface area contributed by atoms with Crippen LogP contribution in [0.4, 0.5) is 0 Å². The lowest BCUT2D eigenvalue weighted by Crippen LogP contribution is -2.40. The van der Waals surface area contributed by atoms with Gasteiger partial charge in [0.1, 0.15) is 6.04 Å². The van der Waals surface area contributed by atoms with E-state index in [2.05, 4.69) is 5.32 Å². The molecule has 2 N–H and O–H groups in total. The number of rotatable bonds is 5. The number of nitrogens with one attached hydrogen (secondary N) is 1. The zero-order valence-electron chi connectivity index (χ0n) is 11.0. The van der Waals surface area contributed by atoms with Gasteiger partial charge in [-0.2, -0.15) is 0 Å². The highest BCUT2D eigenvalue weighted by molar-refractivity contribution is 5.84. The maximum Gasteiger partial charge on any atom is 0.326 e. The predicted molar refractivity (Wildman–Crippen MR) is 69.5 cm³/mol. The fourth-order valence-corrected chi connectivity index (χ4v) is 1.68. The molecule has 0 aliphatic rings. The van der Waals surface area contributed by atoms with Crippen molar-refractivity contribution in [1.29, 1.82) is 0 Å². The van der Waals surface area contributed by atoms with Gasteiger partial charge in [0.2, 0.25) is 5.91 Å². The number of carbonyl (C=O) groups is 2. The van der Waals surface area contributed by atoms with E-state index in [1.807, 2.05) is 32.0 Å². The number of amides is 1. The van der Waals surface area contributed by atoms with E-state index >= 15 is 0 Å². The molecule has 0 aliphatic heterocycles. The average Bonchev–Trinajstić information content (AvgIpc) is 2.30. The van der Waals surface area contributed by atoms with Crippen molar-refractivity contribution in [2.45, 2.75) is 39.7 Å². The van der Waals surface area contributed by atoms with Gasteiger partial charge in [0.05, 0.1) is 6.42 Å². The van der Waals surface area contributed by atoms with Crippen LogP contribution in [0.15, 0.2) is 18.2 Å². The molecule has 1 amide bonds. The second-order valence-electron chi connectivity index (χ2n) is 4.46. The standard InChI is InChI=1S/C14H19NO3/c1-4-12(14(17)18)15-13(16)8-11-6-5-9(2)10(3)7-11/h5-7,12H,4,8H2,1-3H3,(H,15,16)(H,17,18). The largest absolute Gasteiger partial charge is 0.480 e. The number of carbonyl (C=O) groups excluding carboxylic acids is 1. The molecule has 1 unspecified atom stereocenters. The Labute approximate surface area is 107 Å². The molecule has 4 heteroatoms. The van der Waals surface area contributed by atoms with Crippen molar-refractivity contribution in [3.8, 4) is 0 Å². The predicted octanol–water partition coefficient (Wildman–Crippen LogP) is 1.83. The van der Waals surface area contributed by atoms with Gasteiger partial charge in [-0.1, -0.05) is 25.1 Å². The zero-order chi connectivity index (χ0) is 13.7. The quantitative estimate of drug-likeness (QED) is 0.836. The first-order valence-corrected chi connectivity index (χ1v) is 6.02. The Morgan fingerprint density at radius 1 is 1.28 bits per heavy atom. The fourth-order valence-electron chi connectivity index (χ4n) is 1.68. The molecule has 0 heterocycles. The third-order valence-electron chi connectivity index (χ3n) is 2.98. The second kappa shape index (κ2) is 6.19. The summed E-state index contributed by atoms with van der Waals surface area (Å²) in [4.78, 5) is 22.5. The minimum absolute atomic E-state index is 0.213. The Morgan fingerprint density at radius 3 is 2.44 bits per heavy atom. The third kappa shape index (κ3) is 3.87. The van der Waals surface area contributed by atoms with Gasteiger partial charge in [-0.3, -0.25) is 4.79 Å². The van der Waals surface area contributed by atoms with Crippen LogP contribution >= 0.6 is 0 Å². The number of carboxylic acid groups (broad SMARTS) is 1. The molecule has 0 fully saturated rings. The van der Waals surface area contributed by atoms with Crippen molar-refractivity contribution in [3.63, 3.8) is 0 Å². The van der Waals surface area contributed by atoms with Gasteiger partial charge < -0.3 is 10.4 Å². The summed E-state index contributed by atoms with van der Waals surface area (Å²) in [6.07, 6.45) is 0.596. The molecular weight excluding hydrogens is 230 g/mol. The molecule has 98 valence electrons. The molecule has 1 aromatic carbocycles. The van der Waals surface area contributed by atoms with Crippen molar-refractivity contribution >= 4 is 11.9 Å². The molecular formula is C14H19NO3. The van der Waals surface area contributed by atoms with Crippen LogP contribution < -0.4 is 5.32 Å². The van der Waals surface area contributed by atoms with Gasteiger partial charge >= 0.3 is 5.97 Å². The van der Waals surface area contributed by atoms with Gasteiger partial charge in [0, 0.05) is 0 Å². The highest BCUT2D eigenvalue weighted by atomic mass is 16.4. The first-order valence-electron chi connectivity index (χ1n) is 6.02. The Morgan fingerprint density at radius 2 is 1.94 bits per heavy atom. The van der Waals surface area contributed by atoms with Crippen LogP contribution in [0.25, 0.3) is 0 Å². The van der Waals surface area contributed by atoms with Crippen LogP contribution in [0.1, 0.15) is 30.0 Å². The Hall–Kier alpha value is -1.84. The van der Waals surface area contributed by atoms with E-state index in [9.17, 15) is 9.59 Å². The van der Waals surface area contributed by atoms with Crippen molar-refractivity contribution in [1.82, 2.24) is 5.32 Å². The maximum absolute atomic E-state index is 11.7. The van der Waals surface area contributed by atoms with E-state index < -0.39 is 12.0 Å². The van der Waals surface area contributed by atoms with Crippen LogP contribution in [0.5, 0.6) is 0 Å². The van der Waals surface area contributed by atoms with Crippen LogP contribution in [0, 0.1) is 13.8 Å². The summed E-state index contributed by atoms with van der Waals surface area (Å²) in [5.74, 6) is -1.25. The van der Waals surface area contributed by atoms with Crippen LogP contribution in [-0.4, -0.2) is 23.0 Å². The van der Waals surface area contributed by atoms with Crippen molar-refractivity contribution < 1.29 is 14.7 Å². The molecule has 0 saturated carbocycles. The third-order valence-corrected chi connectivity index (χ3v) is 2.98. The van der Waals surface area contributed by atoms with Crippen molar-refractivity contribution in [2.75, 3.05) is 0 Å². The Bertz CT molecular complexity index is 454. The molecule has 0 aromatic heterocycles. The summed E-state index contributed by atoms with van der Waals surface area (Å²) in [5.41, 5.74) is 3.21. The smallest absolute Gasteiger partial charge is 0.326 e.